The smallest absolute Gasteiger partial charge is 0.150 e. The van der Waals surface area contributed by atoms with Crippen molar-refractivity contribution in [3.8, 4) is 0 Å². The monoisotopic (exact) mass is 157 g/mol. The highest BCUT2D eigenvalue weighted by Gasteiger charge is 2.01. The second-order valence-electron chi connectivity index (χ2n) is 2.32. The van der Waals surface area contributed by atoms with Crippen molar-refractivity contribution in [3.05, 3.63) is 24.6 Å². The lowest BCUT2D eigenvalue weighted by Gasteiger charge is -2.09. The van der Waals surface area contributed by atoms with Gasteiger partial charge in [0.1, 0.15) is 0 Å². The molecular formula is C6H15NSi2. The van der Waals surface area contributed by atoms with Gasteiger partial charge < -0.3 is 4.65 Å². The van der Waals surface area contributed by atoms with Crippen LogP contribution in [0.1, 0.15) is 0 Å². The fraction of sp³-hybridized carbons (Fsp3) is 0.333. The summed E-state index contributed by atoms with van der Waals surface area (Å²) < 4.78 is 3.52. The van der Waals surface area contributed by atoms with Crippen molar-refractivity contribution in [2.75, 3.05) is 0 Å². The maximum Gasteiger partial charge on any atom is 0.150 e. The number of hydrogen-bond acceptors (Lipinski definition) is 1. The van der Waals surface area contributed by atoms with E-state index in [0.29, 0.717) is 0 Å². The Kier molecular flexibility index (Phi) is 4.66. The molecule has 0 unspecified atom stereocenters. The quantitative estimate of drug-likeness (QED) is 0.593. The van der Waals surface area contributed by atoms with Crippen LogP contribution in [0, 0.1) is 0 Å². The third-order valence-electron chi connectivity index (χ3n) is 1.03. The Bertz CT molecular complexity index is 93.2. The highest BCUT2D eigenvalue weighted by molar-refractivity contribution is 6.77. The van der Waals surface area contributed by atoms with E-state index in [-0.39, 0.29) is 0 Å². The van der Waals surface area contributed by atoms with Gasteiger partial charge in [-0.2, -0.15) is 0 Å². The van der Waals surface area contributed by atoms with Gasteiger partial charge in [-0.25, -0.2) is 0 Å². The molecule has 3 heteroatoms. The summed E-state index contributed by atoms with van der Waals surface area (Å²) in [4.78, 5) is 0. The topological polar surface area (TPSA) is 12.0 Å². The third kappa shape index (κ3) is 4.38. The van der Waals surface area contributed by atoms with Gasteiger partial charge in [0, 0.05) is 0 Å². The Morgan fingerprint density at radius 1 is 1.22 bits per heavy atom. The lowest BCUT2D eigenvalue weighted by atomic mass is 11.2. The van der Waals surface area contributed by atoms with Crippen LogP contribution in [0.3, 0.4) is 0 Å². The average Bonchev–Trinajstić information content (AvgIpc) is 1.82. The van der Waals surface area contributed by atoms with Crippen molar-refractivity contribution in [2.45, 2.75) is 13.1 Å². The van der Waals surface area contributed by atoms with Crippen molar-refractivity contribution in [1.29, 1.82) is 0 Å². The van der Waals surface area contributed by atoms with Crippen molar-refractivity contribution in [2.24, 2.45) is 0 Å². The molecule has 0 aromatic carbocycles. The highest BCUT2D eigenvalue weighted by Crippen LogP contribution is 1.81. The van der Waals surface area contributed by atoms with E-state index in [1.807, 2.05) is 11.4 Å². The molecule has 0 aliphatic carbocycles. The molecule has 52 valence electrons. The van der Waals surface area contributed by atoms with Gasteiger partial charge >= 0.3 is 0 Å². The van der Waals surface area contributed by atoms with Crippen LogP contribution < -0.4 is 4.65 Å². The summed E-state index contributed by atoms with van der Waals surface area (Å²) >= 11 is 0. The molecule has 0 rings (SSSR count). The fourth-order valence-corrected chi connectivity index (χ4v) is 4.98. The molecule has 0 saturated carbocycles. The second kappa shape index (κ2) is 4.72. The van der Waals surface area contributed by atoms with E-state index in [2.05, 4.69) is 30.9 Å². The second-order valence-corrected chi connectivity index (χ2v) is 7.96. The van der Waals surface area contributed by atoms with Gasteiger partial charge in [0.05, 0.1) is 8.96 Å². The minimum absolute atomic E-state index is 0.594. The maximum atomic E-state index is 3.74. The van der Waals surface area contributed by atoms with E-state index in [1.165, 1.54) is 0 Å². The summed E-state index contributed by atoms with van der Waals surface area (Å²) in [5, 5.41) is 0. The Morgan fingerprint density at radius 2 is 1.67 bits per heavy atom. The Balaban J connectivity index is 3.55. The van der Waals surface area contributed by atoms with Gasteiger partial charge in [0.15, 0.2) is 8.96 Å². The van der Waals surface area contributed by atoms with E-state index >= 15 is 0 Å². The van der Waals surface area contributed by atoms with Crippen LogP contribution in [-0.4, -0.2) is 17.9 Å². The normalized spacial score (nSPS) is 10.2. The van der Waals surface area contributed by atoms with Crippen LogP contribution in [0.5, 0.6) is 0 Å². The van der Waals surface area contributed by atoms with Gasteiger partial charge in [-0.1, -0.05) is 24.5 Å². The molecule has 0 aliphatic heterocycles. The van der Waals surface area contributed by atoms with Crippen LogP contribution >= 0.6 is 0 Å². The van der Waals surface area contributed by atoms with Gasteiger partial charge in [0.2, 0.25) is 0 Å². The van der Waals surface area contributed by atoms with E-state index in [1.54, 1.807) is 0 Å². The number of nitrogens with one attached hydrogen (secondary N) is 1. The van der Waals surface area contributed by atoms with Crippen LogP contribution in [0.2, 0.25) is 13.1 Å². The fourth-order valence-electron chi connectivity index (χ4n) is 0.617. The van der Waals surface area contributed by atoms with Gasteiger partial charge in [-0.3, -0.25) is 0 Å². The molecule has 0 radical (unpaired) electrons. The molecular weight excluding hydrogens is 142 g/mol. The Hall–Kier alpha value is -0.126. The third-order valence-corrected chi connectivity index (χ3v) is 6.26. The Labute approximate surface area is 60.8 Å². The Morgan fingerprint density at radius 3 is 1.78 bits per heavy atom. The van der Waals surface area contributed by atoms with Gasteiger partial charge in [0.25, 0.3) is 0 Å². The minimum atomic E-state index is -0.910. The maximum absolute atomic E-state index is 3.74. The van der Waals surface area contributed by atoms with Crippen LogP contribution in [0.25, 0.3) is 0 Å². The zero-order valence-electron chi connectivity index (χ0n) is 6.22. The minimum Gasteiger partial charge on any atom is -0.358 e. The van der Waals surface area contributed by atoms with Crippen molar-refractivity contribution in [1.82, 2.24) is 4.65 Å². The first-order valence-corrected chi connectivity index (χ1v) is 8.01. The summed E-state index contributed by atoms with van der Waals surface area (Å²) in [6.45, 7) is 12.0. The van der Waals surface area contributed by atoms with E-state index < -0.39 is 17.9 Å². The molecule has 0 saturated heterocycles. The molecule has 0 amide bonds. The highest BCUT2D eigenvalue weighted by atomic mass is 28.3. The lowest BCUT2D eigenvalue weighted by Crippen LogP contribution is -2.39. The van der Waals surface area contributed by atoms with E-state index in [9.17, 15) is 0 Å². The molecule has 0 aromatic heterocycles. The largest absolute Gasteiger partial charge is 0.358 e. The zero-order chi connectivity index (χ0) is 7.28. The summed E-state index contributed by atoms with van der Waals surface area (Å²) in [6, 6.07) is 0. The van der Waals surface area contributed by atoms with Crippen molar-refractivity contribution >= 4 is 17.9 Å². The predicted molar refractivity (Wildman–Crippen MR) is 49.6 cm³/mol. The lowest BCUT2D eigenvalue weighted by molar-refractivity contribution is 1.48. The van der Waals surface area contributed by atoms with Crippen LogP contribution in [0.4, 0.5) is 0 Å². The van der Waals surface area contributed by atoms with Gasteiger partial charge in [-0.05, 0) is 0 Å². The molecule has 0 spiro atoms. The SMILES string of the molecule is C=C[SiH](C=C)N[SiH](C)C. The molecule has 0 fully saturated rings. The van der Waals surface area contributed by atoms with Gasteiger partial charge in [-0.15, -0.1) is 13.2 Å². The molecule has 0 aliphatic rings. The first-order chi connectivity index (χ1) is 4.20. The summed E-state index contributed by atoms with van der Waals surface area (Å²) in [5.41, 5.74) is 4.03. The molecule has 0 atom stereocenters. The molecule has 0 bridgehead atoms. The van der Waals surface area contributed by atoms with Crippen LogP contribution in [-0.2, 0) is 0 Å². The van der Waals surface area contributed by atoms with Crippen LogP contribution in [0.15, 0.2) is 24.6 Å². The molecule has 0 aromatic rings. The molecule has 9 heavy (non-hydrogen) atoms. The van der Waals surface area contributed by atoms with Crippen molar-refractivity contribution in [3.63, 3.8) is 0 Å². The summed E-state index contributed by atoms with van der Waals surface area (Å²) in [6.07, 6.45) is 0. The standard InChI is InChI=1S/C6H15NSi2/c1-5-9(6-2)7-8(3)4/h5-9H,1-2H2,3-4H3. The average molecular weight is 157 g/mol. The first kappa shape index (κ1) is 8.87. The first-order valence-electron chi connectivity index (χ1n) is 3.22. The molecule has 1 N–H and O–H groups in total. The molecule has 0 heterocycles. The van der Waals surface area contributed by atoms with Crippen molar-refractivity contribution < 1.29 is 0 Å². The number of hydrogen-bond donors (Lipinski definition) is 1. The zero-order valence-corrected chi connectivity index (χ0v) is 8.53. The van der Waals surface area contributed by atoms with E-state index in [0.717, 1.165) is 0 Å². The summed E-state index contributed by atoms with van der Waals surface area (Å²) in [5.74, 6) is 0. The van der Waals surface area contributed by atoms with E-state index in [4.69, 9.17) is 0 Å². The summed E-state index contributed by atoms with van der Waals surface area (Å²) in [7, 11) is -1.50. The predicted octanol–water partition coefficient (Wildman–Crippen LogP) is 0.734. The molecule has 1 nitrogen and oxygen atoms in total. The number of rotatable bonds is 4.